The highest BCUT2D eigenvalue weighted by Crippen LogP contribution is 2.24. The van der Waals surface area contributed by atoms with Crippen LogP contribution in [-0.2, 0) is 0 Å². The Kier molecular flexibility index (Phi) is 4.32. The average Bonchev–Trinajstić information content (AvgIpc) is 2.45. The highest BCUT2D eigenvalue weighted by molar-refractivity contribution is 6.09. The Balaban J connectivity index is 2.41. The van der Waals surface area contributed by atoms with E-state index < -0.39 is 0 Å². The first-order chi connectivity index (χ1) is 9.93. The first kappa shape index (κ1) is 15.1. The predicted octanol–water partition coefficient (Wildman–Crippen LogP) is 3.93. The molecule has 0 saturated heterocycles. The molecule has 2 aromatic carbocycles. The molecule has 0 bridgehead atoms. The van der Waals surface area contributed by atoms with Crippen LogP contribution in [0.15, 0.2) is 36.4 Å². The van der Waals surface area contributed by atoms with Gasteiger partial charge < -0.3 is 10.2 Å². The van der Waals surface area contributed by atoms with E-state index in [1.807, 2.05) is 58.3 Å². The Morgan fingerprint density at radius 1 is 1.00 bits per heavy atom. The maximum atomic E-state index is 12.8. The van der Waals surface area contributed by atoms with Gasteiger partial charge in [0.2, 0.25) is 0 Å². The van der Waals surface area contributed by atoms with Crippen molar-refractivity contribution in [1.29, 1.82) is 0 Å². The second-order valence-corrected chi connectivity index (χ2v) is 5.45. The molecule has 0 radical (unpaired) electrons. The third-order valence-electron chi connectivity index (χ3n) is 3.69. The topological polar surface area (TPSA) is 32.3 Å². The number of aryl methyl sites for hydroxylation is 3. The van der Waals surface area contributed by atoms with Gasteiger partial charge in [0.05, 0.1) is 5.56 Å². The number of carbonyl (C=O) groups is 1. The van der Waals surface area contributed by atoms with Gasteiger partial charge in [-0.2, -0.15) is 0 Å². The summed E-state index contributed by atoms with van der Waals surface area (Å²) < 4.78 is 0. The Morgan fingerprint density at radius 2 is 1.62 bits per heavy atom. The van der Waals surface area contributed by atoms with E-state index in [0.717, 1.165) is 22.5 Å². The minimum atomic E-state index is -0.00463. The molecular weight excluding hydrogens is 260 g/mol. The molecule has 0 fully saturated rings. The SMILES string of the molecule is CNc1ccc(C)cc1C(=O)N(C)c1ccc(C)cc1C. The van der Waals surface area contributed by atoms with E-state index in [0.29, 0.717) is 5.56 Å². The number of nitrogens with one attached hydrogen (secondary N) is 1. The lowest BCUT2D eigenvalue weighted by molar-refractivity contribution is 0.0993. The van der Waals surface area contributed by atoms with Crippen molar-refractivity contribution in [3.63, 3.8) is 0 Å². The van der Waals surface area contributed by atoms with E-state index in [1.165, 1.54) is 5.56 Å². The number of rotatable bonds is 3. The molecule has 3 heteroatoms. The zero-order chi connectivity index (χ0) is 15.6. The fourth-order valence-corrected chi connectivity index (χ4v) is 2.52. The third kappa shape index (κ3) is 3.07. The van der Waals surface area contributed by atoms with Crippen molar-refractivity contribution < 1.29 is 4.79 Å². The van der Waals surface area contributed by atoms with Crippen molar-refractivity contribution in [1.82, 2.24) is 0 Å². The van der Waals surface area contributed by atoms with Crippen LogP contribution in [0.2, 0.25) is 0 Å². The molecule has 2 rings (SSSR count). The summed E-state index contributed by atoms with van der Waals surface area (Å²) >= 11 is 0. The first-order valence-electron chi connectivity index (χ1n) is 7.07. The highest BCUT2D eigenvalue weighted by Gasteiger charge is 2.18. The molecule has 0 aliphatic heterocycles. The van der Waals surface area contributed by atoms with E-state index in [9.17, 15) is 4.79 Å². The van der Waals surface area contributed by atoms with Crippen LogP contribution in [0.5, 0.6) is 0 Å². The fourth-order valence-electron chi connectivity index (χ4n) is 2.52. The molecular formula is C18H22N2O. The maximum Gasteiger partial charge on any atom is 0.260 e. The number of benzene rings is 2. The normalized spacial score (nSPS) is 10.3. The van der Waals surface area contributed by atoms with E-state index in [-0.39, 0.29) is 5.91 Å². The molecule has 0 spiro atoms. The number of hydrogen-bond donors (Lipinski definition) is 1. The monoisotopic (exact) mass is 282 g/mol. The van der Waals surface area contributed by atoms with Crippen LogP contribution in [0, 0.1) is 20.8 Å². The van der Waals surface area contributed by atoms with Crippen molar-refractivity contribution in [3.8, 4) is 0 Å². The molecule has 1 amide bonds. The van der Waals surface area contributed by atoms with Gasteiger partial charge in [-0.1, -0.05) is 29.3 Å². The second-order valence-electron chi connectivity index (χ2n) is 5.45. The van der Waals surface area contributed by atoms with Gasteiger partial charge in [-0.25, -0.2) is 0 Å². The van der Waals surface area contributed by atoms with Crippen molar-refractivity contribution in [2.24, 2.45) is 0 Å². The quantitative estimate of drug-likeness (QED) is 0.925. The van der Waals surface area contributed by atoms with E-state index in [1.54, 1.807) is 4.90 Å². The molecule has 0 unspecified atom stereocenters. The fraction of sp³-hybridized carbons (Fsp3) is 0.278. The van der Waals surface area contributed by atoms with Crippen LogP contribution in [-0.4, -0.2) is 20.0 Å². The van der Waals surface area contributed by atoms with Crippen molar-refractivity contribution in [2.45, 2.75) is 20.8 Å². The largest absolute Gasteiger partial charge is 0.387 e. The molecule has 0 heterocycles. The summed E-state index contributed by atoms with van der Waals surface area (Å²) in [6, 6.07) is 12.0. The lowest BCUT2D eigenvalue weighted by atomic mass is 10.1. The van der Waals surface area contributed by atoms with Crippen LogP contribution < -0.4 is 10.2 Å². The van der Waals surface area contributed by atoms with E-state index >= 15 is 0 Å². The van der Waals surface area contributed by atoms with Gasteiger partial charge in [0.25, 0.3) is 5.91 Å². The molecule has 0 atom stereocenters. The zero-order valence-corrected chi connectivity index (χ0v) is 13.3. The van der Waals surface area contributed by atoms with Gasteiger partial charge in [0, 0.05) is 25.5 Å². The predicted molar refractivity (Wildman–Crippen MR) is 89.4 cm³/mol. The van der Waals surface area contributed by atoms with Crippen LogP contribution in [0.4, 0.5) is 11.4 Å². The van der Waals surface area contributed by atoms with Gasteiger partial charge in [-0.05, 0) is 44.5 Å². The third-order valence-corrected chi connectivity index (χ3v) is 3.69. The number of anilines is 2. The average molecular weight is 282 g/mol. The van der Waals surface area contributed by atoms with Crippen LogP contribution in [0.1, 0.15) is 27.0 Å². The lowest BCUT2D eigenvalue weighted by Crippen LogP contribution is -2.27. The van der Waals surface area contributed by atoms with Gasteiger partial charge >= 0.3 is 0 Å². The molecule has 21 heavy (non-hydrogen) atoms. The Hall–Kier alpha value is -2.29. The standard InChI is InChI=1S/C18H22N2O/c1-12-7-9-17(14(3)10-12)20(5)18(21)15-11-13(2)6-8-16(15)19-4/h6-11,19H,1-5H3. The zero-order valence-electron chi connectivity index (χ0n) is 13.3. The highest BCUT2D eigenvalue weighted by atomic mass is 16.2. The molecule has 110 valence electrons. The van der Waals surface area contributed by atoms with Gasteiger partial charge in [-0.15, -0.1) is 0 Å². The first-order valence-corrected chi connectivity index (χ1v) is 7.07. The molecule has 0 aromatic heterocycles. The summed E-state index contributed by atoms with van der Waals surface area (Å²) in [7, 11) is 3.65. The summed E-state index contributed by atoms with van der Waals surface area (Å²) in [5.74, 6) is -0.00463. The summed E-state index contributed by atoms with van der Waals surface area (Å²) in [4.78, 5) is 14.5. The molecule has 0 aliphatic rings. The van der Waals surface area contributed by atoms with E-state index in [2.05, 4.69) is 18.3 Å². The second kappa shape index (κ2) is 6.00. The number of nitrogens with zero attached hydrogens (tertiary/aromatic N) is 1. The van der Waals surface area contributed by atoms with Gasteiger partial charge in [0.15, 0.2) is 0 Å². The summed E-state index contributed by atoms with van der Waals surface area (Å²) in [5.41, 5.74) is 5.86. The number of hydrogen-bond acceptors (Lipinski definition) is 2. The van der Waals surface area contributed by atoms with Gasteiger partial charge in [-0.3, -0.25) is 4.79 Å². The summed E-state index contributed by atoms with van der Waals surface area (Å²) in [6.45, 7) is 6.08. The number of carbonyl (C=O) groups excluding carboxylic acids is 1. The minimum Gasteiger partial charge on any atom is -0.387 e. The minimum absolute atomic E-state index is 0.00463. The molecule has 0 aliphatic carbocycles. The van der Waals surface area contributed by atoms with E-state index in [4.69, 9.17) is 0 Å². The van der Waals surface area contributed by atoms with Crippen molar-refractivity contribution >= 4 is 17.3 Å². The van der Waals surface area contributed by atoms with Crippen LogP contribution in [0.25, 0.3) is 0 Å². The molecule has 2 aromatic rings. The number of amides is 1. The van der Waals surface area contributed by atoms with Crippen LogP contribution in [0.3, 0.4) is 0 Å². The smallest absolute Gasteiger partial charge is 0.260 e. The summed E-state index contributed by atoms with van der Waals surface area (Å²) in [6.07, 6.45) is 0. The maximum absolute atomic E-state index is 12.8. The lowest BCUT2D eigenvalue weighted by Gasteiger charge is -2.21. The van der Waals surface area contributed by atoms with Crippen LogP contribution >= 0.6 is 0 Å². The Labute approximate surface area is 126 Å². The Bertz CT molecular complexity index is 677. The molecule has 0 saturated carbocycles. The Morgan fingerprint density at radius 3 is 2.24 bits per heavy atom. The van der Waals surface area contributed by atoms with Crippen molar-refractivity contribution in [2.75, 3.05) is 24.3 Å². The molecule has 3 nitrogen and oxygen atoms in total. The molecule has 1 N–H and O–H groups in total. The van der Waals surface area contributed by atoms with Gasteiger partial charge in [0.1, 0.15) is 0 Å². The summed E-state index contributed by atoms with van der Waals surface area (Å²) in [5, 5.41) is 3.09. The van der Waals surface area contributed by atoms with Crippen molar-refractivity contribution in [3.05, 3.63) is 58.7 Å².